The minimum Gasteiger partial charge on any atom is -0.480 e. The standard InChI is InChI=1S/C11H16BrNO4S2/c1-3-4-5-9(10(14)15)13-19(16,17)11-8(12)6-7(2)18-11/h6,9,13H,3-5H2,1-2H3,(H,14,15). The van der Waals surface area contributed by atoms with Crippen molar-refractivity contribution in [2.45, 2.75) is 43.4 Å². The van der Waals surface area contributed by atoms with Crippen LogP contribution < -0.4 is 4.72 Å². The fraction of sp³-hybridized carbons (Fsp3) is 0.545. The van der Waals surface area contributed by atoms with Gasteiger partial charge in [-0.05, 0) is 35.3 Å². The molecule has 1 unspecified atom stereocenters. The molecular weight excluding hydrogens is 354 g/mol. The van der Waals surface area contributed by atoms with Crippen LogP contribution in [-0.4, -0.2) is 25.5 Å². The van der Waals surface area contributed by atoms with Gasteiger partial charge in [0, 0.05) is 9.35 Å². The first-order chi connectivity index (χ1) is 8.77. The van der Waals surface area contributed by atoms with Gasteiger partial charge in [0.2, 0.25) is 0 Å². The van der Waals surface area contributed by atoms with Crippen LogP contribution in [0.25, 0.3) is 0 Å². The van der Waals surface area contributed by atoms with Crippen molar-refractivity contribution in [2.24, 2.45) is 0 Å². The molecule has 1 heterocycles. The average molecular weight is 370 g/mol. The highest BCUT2D eigenvalue weighted by molar-refractivity contribution is 9.10. The van der Waals surface area contributed by atoms with E-state index in [0.717, 1.165) is 22.6 Å². The van der Waals surface area contributed by atoms with E-state index in [2.05, 4.69) is 20.7 Å². The summed E-state index contributed by atoms with van der Waals surface area (Å²) in [4.78, 5) is 11.9. The molecule has 0 aromatic carbocycles. The summed E-state index contributed by atoms with van der Waals surface area (Å²) in [6.45, 7) is 3.72. The second-order valence-corrected chi connectivity index (χ2v) is 8.17. The Bertz CT molecular complexity index is 553. The fourth-order valence-electron chi connectivity index (χ4n) is 1.53. The van der Waals surface area contributed by atoms with Crippen molar-refractivity contribution in [3.8, 4) is 0 Å². The Morgan fingerprint density at radius 1 is 1.58 bits per heavy atom. The molecule has 1 aromatic heterocycles. The lowest BCUT2D eigenvalue weighted by Crippen LogP contribution is -2.40. The van der Waals surface area contributed by atoms with Gasteiger partial charge in [0.15, 0.2) is 0 Å². The zero-order chi connectivity index (χ0) is 14.6. The van der Waals surface area contributed by atoms with Gasteiger partial charge in [0.1, 0.15) is 10.3 Å². The monoisotopic (exact) mass is 369 g/mol. The molecule has 0 spiro atoms. The first kappa shape index (κ1) is 16.6. The number of carbonyl (C=O) groups is 1. The molecule has 8 heteroatoms. The summed E-state index contributed by atoms with van der Waals surface area (Å²) in [6, 6.07) is 0.611. The van der Waals surface area contributed by atoms with Crippen LogP contribution in [0.3, 0.4) is 0 Å². The first-order valence-corrected chi connectivity index (χ1v) is 8.88. The van der Waals surface area contributed by atoms with E-state index in [1.807, 2.05) is 6.92 Å². The van der Waals surface area contributed by atoms with E-state index >= 15 is 0 Å². The van der Waals surface area contributed by atoms with Crippen LogP contribution in [0.15, 0.2) is 14.7 Å². The summed E-state index contributed by atoms with van der Waals surface area (Å²) in [5.74, 6) is -1.15. The topological polar surface area (TPSA) is 83.5 Å². The number of sulfonamides is 1. The zero-order valence-corrected chi connectivity index (χ0v) is 13.9. The normalized spacial score (nSPS) is 13.4. The molecule has 0 radical (unpaired) electrons. The largest absolute Gasteiger partial charge is 0.480 e. The van der Waals surface area contributed by atoms with Gasteiger partial charge in [0.05, 0.1) is 0 Å². The van der Waals surface area contributed by atoms with Gasteiger partial charge in [-0.1, -0.05) is 19.8 Å². The van der Waals surface area contributed by atoms with Crippen molar-refractivity contribution in [3.63, 3.8) is 0 Å². The number of unbranched alkanes of at least 4 members (excludes halogenated alkanes) is 1. The number of aryl methyl sites for hydroxylation is 1. The van der Waals surface area contributed by atoms with E-state index in [1.54, 1.807) is 13.0 Å². The maximum atomic E-state index is 12.2. The minimum absolute atomic E-state index is 0.118. The van der Waals surface area contributed by atoms with Crippen molar-refractivity contribution >= 4 is 43.3 Å². The SMILES string of the molecule is CCCCC(NS(=O)(=O)c1sc(C)cc1Br)C(=O)O. The Morgan fingerprint density at radius 3 is 2.63 bits per heavy atom. The number of thiophene rings is 1. The van der Waals surface area contributed by atoms with Crippen molar-refractivity contribution in [3.05, 3.63) is 15.4 Å². The van der Waals surface area contributed by atoms with Crippen LogP contribution in [0.5, 0.6) is 0 Å². The van der Waals surface area contributed by atoms with E-state index < -0.39 is 22.0 Å². The lowest BCUT2D eigenvalue weighted by Gasteiger charge is -2.13. The smallest absolute Gasteiger partial charge is 0.321 e. The van der Waals surface area contributed by atoms with Gasteiger partial charge < -0.3 is 5.11 Å². The third kappa shape index (κ3) is 4.55. The Labute approximate surface area is 125 Å². The average Bonchev–Trinajstić information content (AvgIpc) is 2.64. The molecule has 2 N–H and O–H groups in total. The summed E-state index contributed by atoms with van der Waals surface area (Å²) < 4.78 is 27.1. The molecular formula is C11H16BrNO4S2. The van der Waals surface area contributed by atoms with Gasteiger partial charge in [-0.25, -0.2) is 8.42 Å². The fourth-order valence-corrected chi connectivity index (χ4v) is 5.52. The lowest BCUT2D eigenvalue weighted by atomic mass is 10.1. The summed E-state index contributed by atoms with van der Waals surface area (Å²) in [7, 11) is -3.80. The molecule has 108 valence electrons. The van der Waals surface area contributed by atoms with Gasteiger partial charge in [-0.2, -0.15) is 4.72 Å². The molecule has 0 fully saturated rings. The van der Waals surface area contributed by atoms with Gasteiger partial charge in [-0.15, -0.1) is 11.3 Å². The molecule has 1 aromatic rings. The van der Waals surface area contributed by atoms with Crippen molar-refractivity contribution in [1.29, 1.82) is 0 Å². The molecule has 0 amide bonds. The van der Waals surface area contributed by atoms with Crippen LogP contribution >= 0.6 is 27.3 Å². The second-order valence-electron chi connectivity index (χ2n) is 4.15. The number of nitrogens with one attached hydrogen (secondary N) is 1. The van der Waals surface area contributed by atoms with E-state index in [1.165, 1.54) is 0 Å². The molecule has 0 aliphatic heterocycles. The summed E-state index contributed by atoms with van der Waals surface area (Å²) >= 11 is 4.28. The summed E-state index contributed by atoms with van der Waals surface area (Å²) in [6.07, 6.45) is 1.75. The van der Waals surface area contributed by atoms with Crippen LogP contribution in [-0.2, 0) is 14.8 Å². The van der Waals surface area contributed by atoms with E-state index in [4.69, 9.17) is 5.11 Å². The van der Waals surface area contributed by atoms with E-state index in [-0.39, 0.29) is 10.6 Å². The molecule has 5 nitrogen and oxygen atoms in total. The Morgan fingerprint density at radius 2 is 2.21 bits per heavy atom. The molecule has 0 aliphatic rings. The number of rotatable bonds is 7. The molecule has 0 saturated heterocycles. The predicted molar refractivity (Wildman–Crippen MR) is 78.0 cm³/mol. The molecule has 0 saturated carbocycles. The number of carboxylic acids is 1. The maximum Gasteiger partial charge on any atom is 0.321 e. The summed E-state index contributed by atoms with van der Waals surface area (Å²) in [5.41, 5.74) is 0. The minimum atomic E-state index is -3.80. The molecule has 19 heavy (non-hydrogen) atoms. The highest BCUT2D eigenvalue weighted by Crippen LogP contribution is 2.31. The van der Waals surface area contributed by atoms with Crippen LogP contribution in [0, 0.1) is 6.92 Å². The highest BCUT2D eigenvalue weighted by Gasteiger charge is 2.27. The summed E-state index contributed by atoms with van der Waals surface area (Å²) in [5, 5.41) is 9.05. The number of carboxylic acid groups (broad SMARTS) is 1. The van der Waals surface area contributed by atoms with E-state index in [0.29, 0.717) is 10.9 Å². The van der Waals surface area contributed by atoms with Gasteiger partial charge in [0.25, 0.3) is 10.0 Å². The van der Waals surface area contributed by atoms with Crippen LogP contribution in [0.2, 0.25) is 0 Å². The van der Waals surface area contributed by atoms with Gasteiger partial charge >= 0.3 is 5.97 Å². The quantitative estimate of drug-likeness (QED) is 0.773. The van der Waals surface area contributed by atoms with Crippen molar-refractivity contribution in [1.82, 2.24) is 4.72 Å². The van der Waals surface area contributed by atoms with Crippen LogP contribution in [0.4, 0.5) is 0 Å². The predicted octanol–water partition coefficient (Wildman–Crippen LogP) is 2.74. The third-order valence-electron chi connectivity index (χ3n) is 2.46. The molecule has 1 rings (SSSR count). The first-order valence-electron chi connectivity index (χ1n) is 5.79. The zero-order valence-electron chi connectivity index (χ0n) is 10.6. The Hall–Kier alpha value is -0.440. The Balaban J connectivity index is 2.94. The number of hydrogen-bond acceptors (Lipinski definition) is 4. The number of hydrogen-bond donors (Lipinski definition) is 2. The number of halogens is 1. The third-order valence-corrected chi connectivity index (χ3v) is 6.67. The highest BCUT2D eigenvalue weighted by atomic mass is 79.9. The lowest BCUT2D eigenvalue weighted by molar-refractivity contribution is -0.139. The van der Waals surface area contributed by atoms with E-state index in [9.17, 15) is 13.2 Å². The van der Waals surface area contributed by atoms with Crippen LogP contribution in [0.1, 0.15) is 31.1 Å². The van der Waals surface area contributed by atoms with Crippen molar-refractivity contribution in [2.75, 3.05) is 0 Å². The second kappa shape index (κ2) is 6.83. The van der Waals surface area contributed by atoms with Gasteiger partial charge in [-0.3, -0.25) is 4.79 Å². The molecule has 0 aliphatic carbocycles. The Kier molecular flexibility index (Phi) is 5.97. The maximum absolute atomic E-state index is 12.2. The molecule has 1 atom stereocenters. The molecule has 0 bridgehead atoms. The van der Waals surface area contributed by atoms with Crippen molar-refractivity contribution < 1.29 is 18.3 Å². The number of aliphatic carboxylic acids is 1.